The fourth-order valence-corrected chi connectivity index (χ4v) is 3.26. The maximum atomic E-state index is 12.5. The lowest BCUT2D eigenvalue weighted by molar-refractivity contribution is 0.0838. The minimum Gasteiger partial charge on any atom is -0.394 e. The monoisotopic (exact) mass is 316 g/mol. The molecule has 0 unspecified atom stereocenters. The van der Waals surface area contributed by atoms with Gasteiger partial charge in [0, 0.05) is 18.1 Å². The number of rotatable bonds is 5. The predicted octanol–water partition coefficient (Wildman–Crippen LogP) is 2.12. The maximum absolute atomic E-state index is 12.5. The molecule has 0 spiro atoms. The number of carbonyl (C=O) groups excluding carboxylic acids is 1. The fourth-order valence-electron chi connectivity index (χ4n) is 3.26. The van der Waals surface area contributed by atoms with Gasteiger partial charge in [0.15, 0.2) is 5.65 Å². The molecule has 1 amide bonds. The highest BCUT2D eigenvalue weighted by atomic mass is 16.3. The van der Waals surface area contributed by atoms with Crippen LogP contribution in [0.4, 0.5) is 0 Å². The van der Waals surface area contributed by atoms with E-state index in [9.17, 15) is 9.90 Å². The van der Waals surface area contributed by atoms with Gasteiger partial charge >= 0.3 is 0 Å². The lowest BCUT2D eigenvalue weighted by Crippen LogP contribution is -2.49. The third-order valence-corrected chi connectivity index (χ3v) is 4.52. The molecule has 1 aliphatic rings. The van der Waals surface area contributed by atoms with Crippen molar-refractivity contribution in [3.8, 4) is 0 Å². The van der Waals surface area contributed by atoms with Gasteiger partial charge in [0.25, 0.3) is 5.91 Å². The second-order valence-corrected chi connectivity index (χ2v) is 6.96. The molecule has 0 saturated heterocycles. The summed E-state index contributed by atoms with van der Waals surface area (Å²) >= 11 is 0. The number of pyridine rings is 1. The summed E-state index contributed by atoms with van der Waals surface area (Å²) in [6.07, 6.45) is 7.09. The molecule has 0 aliphatic heterocycles. The molecule has 1 aliphatic carbocycles. The van der Waals surface area contributed by atoms with Crippen LogP contribution in [0.5, 0.6) is 0 Å². The molecule has 6 heteroatoms. The van der Waals surface area contributed by atoms with Crippen LogP contribution in [-0.4, -0.2) is 37.9 Å². The van der Waals surface area contributed by atoms with Gasteiger partial charge in [0.05, 0.1) is 23.9 Å². The van der Waals surface area contributed by atoms with Crippen LogP contribution in [-0.2, 0) is 6.54 Å². The number of amides is 1. The number of aromatic nitrogens is 3. The van der Waals surface area contributed by atoms with Crippen LogP contribution in [0.25, 0.3) is 11.0 Å². The minimum absolute atomic E-state index is 0.0132. The molecule has 1 fully saturated rings. The first-order valence-corrected chi connectivity index (χ1v) is 8.28. The number of aliphatic hydroxyl groups excluding tert-OH is 1. The molecule has 0 radical (unpaired) electrons. The van der Waals surface area contributed by atoms with Crippen molar-refractivity contribution >= 4 is 16.9 Å². The van der Waals surface area contributed by atoms with Gasteiger partial charge < -0.3 is 10.4 Å². The topological polar surface area (TPSA) is 80.0 Å². The van der Waals surface area contributed by atoms with Crippen LogP contribution in [0.1, 0.15) is 49.9 Å². The van der Waals surface area contributed by atoms with Crippen molar-refractivity contribution < 1.29 is 9.90 Å². The number of carbonyl (C=O) groups is 1. The van der Waals surface area contributed by atoms with Gasteiger partial charge in [-0.2, -0.15) is 5.10 Å². The summed E-state index contributed by atoms with van der Waals surface area (Å²) in [5, 5.41) is 17.8. The Morgan fingerprint density at radius 2 is 2.13 bits per heavy atom. The normalized spacial score (nSPS) is 17.0. The average molecular weight is 316 g/mol. The molecule has 2 aromatic heterocycles. The summed E-state index contributed by atoms with van der Waals surface area (Å²) < 4.78 is 1.87. The van der Waals surface area contributed by atoms with Crippen LogP contribution in [0.15, 0.2) is 18.5 Å². The Kier molecular flexibility index (Phi) is 4.35. The molecular weight excluding hydrogens is 292 g/mol. The van der Waals surface area contributed by atoms with Crippen molar-refractivity contribution in [2.45, 2.75) is 51.6 Å². The standard InChI is InChI=1S/C17H24N4O2/c1-12(2)10-21-15-13(9-19-21)7-14(8-18-15)16(23)20-17(11-22)5-3-4-6-17/h7-9,12,22H,3-6,10-11H2,1-2H3,(H,20,23). The van der Waals surface area contributed by atoms with Crippen molar-refractivity contribution in [1.82, 2.24) is 20.1 Å². The Morgan fingerprint density at radius 3 is 2.78 bits per heavy atom. The number of hydrogen-bond acceptors (Lipinski definition) is 4. The van der Waals surface area contributed by atoms with Gasteiger partial charge in [0.1, 0.15) is 0 Å². The smallest absolute Gasteiger partial charge is 0.253 e. The molecular formula is C17H24N4O2. The summed E-state index contributed by atoms with van der Waals surface area (Å²) in [5.74, 6) is 0.307. The van der Waals surface area contributed by atoms with Crippen molar-refractivity contribution in [1.29, 1.82) is 0 Å². The SMILES string of the molecule is CC(C)Cn1ncc2cc(C(=O)NC3(CO)CCCC3)cnc21. The number of nitrogens with one attached hydrogen (secondary N) is 1. The molecule has 23 heavy (non-hydrogen) atoms. The van der Waals surface area contributed by atoms with E-state index in [1.165, 1.54) is 0 Å². The van der Waals surface area contributed by atoms with Crippen LogP contribution >= 0.6 is 0 Å². The van der Waals surface area contributed by atoms with Gasteiger partial charge in [-0.1, -0.05) is 26.7 Å². The van der Waals surface area contributed by atoms with E-state index < -0.39 is 5.54 Å². The van der Waals surface area contributed by atoms with Gasteiger partial charge in [0.2, 0.25) is 0 Å². The van der Waals surface area contributed by atoms with E-state index >= 15 is 0 Å². The molecule has 0 aromatic carbocycles. The second-order valence-electron chi connectivity index (χ2n) is 6.96. The Labute approximate surface area is 135 Å². The lowest BCUT2D eigenvalue weighted by Gasteiger charge is -2.27. The summed E-state index contributed by atoms with van der Waals surface area (Å²) in [6, 6.07) is 1.82. The average Bonchev–Trinajstić information content (AvgIpc) is 3.14. The Bertz CT molecular complexity index is 702. The third-order valence-electron chi connectivity index (χ3n) is 4.52. The zero-order valence-corrected chi connectivity index (χ0v) is 13.7. The number of nitrogens with zero attached hydrogens (tertiary/aromatic N) is 3. The fraction of sp³-hybridized carbons (Fsp3) is 0.588. The zero-order chi connectivity index (χ0) is 16.4. The van der Waals surface area contributed by atoms with Crippen LogP contribution in [0.3, 0.4) is 0 Å². The number of hydrogen-bond donors (Lipinski definition) is 2. The van der Waals surface area contributed by atoms with Crippen LogP contribution in [0, 0.1) is 5.92 Å². The largest absolute Gasteiger partial charge is 0.394 e. The third kappa shape index (κ3) is 3.22. The van der Waals surface area contributed by atoms with Gasteiger partial charge in [-0.15, -0.1) is 0 Å². The molecule has 3 rings (SSSR count). The second kappa shape index (κ2) is 6.28. The Morgan fingerprint density at radius 1 is 1.39 bits per heavy atom. The van der Waals surface area contributed by atoms with Crippen molar-refractivity contribution in [3.63, 3.8) is 0 Å². The molecule has 124 valence electrons. The molecule has 0 bridgehead atoms. The summed E-state index contributed by atoms with van der Waals surface area (Å²) in [6.45, 7) is 5.05. The van der Waals surface area contributed by atoms with Crippen LogP contribution in [0.2, 0.25) is 0 Å². The van der Waals surface area contributed by atoms with Crippen LogP contribution < -0.4 is 5.32 Å². The predicted molar refractivity (Wildman–Crippen MR) is 88.1 cm³/mol. The van der Waals surface area contributed by atoms with Crippen molar-refractivity contribution in [3.05, 3.63) is 24.0 Å². The molecule has 0 atom stereocenters. The highest BCUT2D eigenvalue weighted by Gasteiger charge is 2.34. The first-order chi connectivity index (χ1) is 11.0. The highest BCUT2D eigenvalue weighted by Crippen LogP contribution is 2.29. The quantitative estimate of drug-likeness (QED) is 0.885. The highest BCUT2D eigenvalue weighted by molar-refractivity contribution is 5.97. The lowest BCUT2D eigenvalue weighted by atomic mass is 9.98. The van der Waals surface area contributed by atoms with E-state index in [-0.39, 0.29) is 12.5 Å². The van der Waals surface area contributed by atoms with E-state index in [4.69, 9.17) is 0 Å². The molecule has 2 aromatic rings. The first-order valence-electron chi connectivity index (χ1n) is 8.28. The molecule has 1 saturated carbocycles. The summed E-state index contributed by atoms with van der Waals surface area (Å²) in [4.78, 5) is 16.9. The molecule has 6 nitrogen and oxygen atoms in total. The number of aliphatic hydroxyl groups is 1. The maximum Gasteiger partial charge on any atom is 0.253 e. The molecule has 2 heterocycles. The van der Waals surface area contributed by atoms with Crippen molar-refractivity contribution in [2.24, 2.45) is 5.92 Å². The Balaban J connectivity index is 1.81. The zero-order valence-electron chi connectivity index (χ0n) is 13.7. The molecule has 2 N–H and O–H groups in total. The Hall–Kier alpha value is -1.95. The van der Waals surface area contributed by atoms with Gasteiger partial charge in [-0.25, -0.2) is 9.67 Å². The van der Waals surface area contributed by atoms with E-state index in [0.717, 1.165) is 43.3 Å². The minimum atomic E-state index is -0.464. The summed E-state index contributed by atoms with van der Waals surface area (Å²) in [7, 11) is 0. The van der Waals surface area contributed by atoms with Crippen molar-refractivity contribution in [2.75, 3.05) is 6.61 Å². The first kappa shape index (κ1) is 15.9. The van der Waals surface area contributed by atoms with Gasteiger partial charge in [-0.3, -0.25) is 4.79 Å². The van der Waals surface area contributed by atoms with E-state index in [2.05, 4.69) is 29.2 Å². The summed E-state index contributed by atoms with van der Waals surface area (Å²) in [5.41, 5.74) is 0.850. The van der Waals surface area contributed by atoms with E-state index in [1.54, 1.807) is 12.4 Å². The van der Waals surface area contributed by atoms with E-state index in [0.29, 0.717) is 11.5 Å². The number of fused-ring (bicyclic) bond motifs is 1. The van der Waals surface area contributed by atoms with E-state index in [1.807, 2.05) is 10.7 Å². The van der Waals surface area contributed by atoms with Gasteiger partial charge in [-0.05, 0) is 24.8 Å².